The van der Waals surface area contributed by atoms with Crippen LogP contribution in [0.15, 0.2) is 229 Å². The highest BCUT2D eigenvalue weighted by Crippen LogP contribution is 2.44. The molecule has 0 bridgehead atoms. The maximum atomic E-state index is 6.67. The van der Waals surface area contributed by atoms with E-state index in [4.69, 9.17) is 4.42 Å². The van der Waals surface area contributed by atoms with Gasteiger partial charge in [0.25, 0.3) is 0 Å². The topological polar surface area (TPSA) is 28.4 Å². The first kappa shape index (κ1) is 37.1. The molecule has 0 aliphatic carbocycles. The summed E-state index contributed by atoms with van der Waals surface area (Å²) < 4.78 is 6.67. The summed E-state index contributed by atoms with van der Waals surface area (Å²) in [7, 11) is -3.09. The van der Waals surface area contributed by atoms with E-state index in [1.165, 1.54) is 81.6 Å². The number of hydrogen-bond donors (Lipinski definition) is 1. The molecular weight excluding hydrogens is 781 g/mol. The Hall–Kier alpha value is -7.66. The molecule has 1 aromatic heterocycles. The lowest BCUT2D eigenvalue weighted by molar-refractivity contribution is 0.669. The van der Waals surface area contributed by atoms with Gasteiger partial charge in [-0.25, -0.2) is 0 Å². The quantitative estimate of drug-likeness (QED) is 0.0940. The van der Waals surface area contributed by atoms with E-state index < -0.39 is 8.07 Å². The lowest BCUT2D eigenvalue weighted by Crippen LogP contribution is -2.75. The molecule has 1 atom stereocenters. The zero-order chi connectivity index (χ0) is 41.9. The lowest BCUT2D eigenvalue weighted by atomic mass is 9.91. The van der Waals surface area contributed by atoms with Crippen LogP contribution >= 0.6 is 0 Å². The Balaban J connectivity index is 1.09. The van der Waals surface area contributed by atoms with Crippen LogP contribution in [0.1, 0.15) is 13.3 Å². The van der Waals surface area contributed by atoms with Crippen molar-refractivity contribution in [1.29, 1.82) is 0 Å². The molecule has 1 aliphatic rings. The predicted octanol–water partition coefficient (Wildman–Crippen LogP) is 12.9. The van der Waals surface area contributed by atoms with E-state index >= 15 is 0 Å². The summed E-state index contributed by atoms with van der Waals surface area (Å²) >= 11 is 0. The average Bonchev–Trinajstić information content (AvgIpc) is 3.93. The fraction of sp³-hybridized carbons (Fsp3) is 0.0508. The molecule has 3 nitrogen and oxygen atoms in total. The van der Waals surface area contributed by atoms with Crippen molar-refractivity contribution in [2.75, 3.05) is 10.2 Å². The van der Waals surface area contributed by atoms with Crippen molar-refractivity contribution in [3.63, 3.8) is 0 Å². The number of anilines is 3. The van der Waals surface area contributed by atoms with Gasteiger partial charge in [-0.1, -0.05) is 195 Å². The first-order valence-electron chi connectivity index (χ1n) is 22.0. The van der Waals surface area contributed by atoms with Gasteiger partial charge in [0.05, 0.1) is 11.4 Å². The van der Waals surface area contributed by atoms with Crippen molar-refractivity contribution < 1.29 is 4.42 Å². The Bertz CT molecular complexity index is 3380. The smallest absolute Gasteiger partial charge is 0.181 e. The van der Waals surface area contributed by atoms with Gasteiger partial charge in [0, 0.05) is 16.5 Å². The lowest BCUT2D eigenvalue weighted by Gasteiger charge is -2.37. The Morgan fingerprint density at radius 3 is 1.62 bits per heavy atom. The zero-order valence-corrected chi connectivity index (χ0v) is 36.0. The van der Waals surface area contributed by atoms with E-state index in [1.54, 1.807) is 0 Å². The third kappa shape index (κ3) is 5.86. The molecule has 11 aromatic rings. The molecule has 12 rings (SSSR count). The molecule has 1 N–H and O–H groups in total. The summed E-state index contributed by atoms with van der Waals surface area (Å²) in [5.41, 5.74) is 10.3. The van der Waals surface area contributed by atoms with Gasteiger partial charge < -0.3 is 14.6 Å². The molecule has 1 unspecified atom stereocenters. The first-order valence-corrected chi connectivity index (χ1v) is 24.0. The van der Waals surface area contributed by atoms with Crippen LogP contribution in [-0.4, -0.2) is 14.2 Å². The Morgan fingerprint density at radius 1 is 0.444 bits per heavy atom. The van der Waals surface area contributed by atoms with Crippen molar-refractivity contribution in [1.82, 2.24) is 0 Å². The van der Waals surface area contributed by atoms with E-state index in [2.05, 4.69) is 242 Å². The number of benzene rings is 10. The molecule has 0 saturated carbocycles. The molecule has 0 spiro atoms. The number of nitrogens with zero attached hydrogens (tertiary/aromatic N) is 1. The van der Waals surface area contributed by atoms with E-state index in [1.807, 2.05) is 0 Å². The van der Waals surface area contributed by atoms with Crippen LogP contribution in [0.25, 0.3) is 65.7 Å². The first-order chi connectivity index (χ1) is 31.2. The summed E-state index contributed by atoms with van der Waals surface area (Å²) in [6.45, 7) is 2.26. The normalized spacial score (nSPS) is 13.8. The molecule has 63 heavy (non-hydrogen) atoms. The summed E-state index contributed by atoms with van der Waals surface area (Å²) in [4.78, 5) is 2.48. The Kier molecular flexibility index (Phi) is 8.87. The monoisotopic (exact) mass is 824 g/mol. The fourth-order valence-corrected chi connectivity index (χ4v) is 15.8. The van der Waals surface area contributed by atoms with Crippen LogP contribution in [0.4, 0.5) is 17.1 Å². The molecule has 0 amide bonds. The van der Waals surface area contributed by atoms with Gasteiger partial charge in [-0.05, 0) is 107 Å². The number of nitrogens with one attached hydrogen (secondary N) is 1. The largest absolute Gasteiger partial charge is 0.456 e. The highest BCUT2D eigenvalue weighted by atomic mass is 28.3. The molecule has 0 saturated heterocycles. The third-order valence-electron chi connectivity index (χ3n) is 13.4. The third-order valence-corrected chi connectivity index (χ3v) is 18.2. The van der Waals surface area contributed by atoms with Gasteiger partial charge in [-0.15, -0.1) is 0 Å². The molecule has 4 heteroatoms. The van der Waals surface area contributed by atoms with Gasteiger partial charge >= 0.3 is 0 Å². The van der Waals surface area contributed by atoms with Crippen LogP contribution in [0.5, 0.6) is 0 Å². The summed E-state index contributed by atoms with van der Waals surface area (Å²) in [6, 6.07) is 83.0. The van der Waals surface area contributed by atoms with Crippen molar-refractivity contribution in [3.8, 4) is 22.3 Å². The molecule has 0 radical (unpaired) electrons. The van der Waals surface area contributed by atoms with Crippen molar-refractivity contribution >= 4 is 89.4 Å². The van der Waals surface area contributed by atoms with E-state index in [0.717, 1.165) is 28.4 Å². The summed E-state index contributed by atoms with van der Waals surface area (Å²) in [5.74, 6) is 0. The standard InChI is InChI=1S/C59H44N2OSi/c1-2-57-60-53-37-32-42(40-18-6-3-7-19-40)38-54(53)61(57)43-33-30-41(31-34-43)58-49-25-12-14-27-51(49)59(52-28-15-13-26-50(52)58)63(44-20-8-4-9-21-44,45-22-10-5-11-23-45)46-35-36-48-47-24-16-17-29-55(47)62-56(48)39-46/h3-39,57,60H,2H2,1H3. The van der Waals surface area contributed by atoms with Gasteiger partial charge in [0.1, 0.15) is 17.3 Å². The molecule has 1 aliphatic heterocycles. The van der Waals surface area contributed by atoms with E-state index in [9.17, 15) is 0 Å². The van der Waals surface area contributed by atoms with Crippen molar-refractivity contribution in [2.45, 2.75) is 19.5 Å². The molecule has 300 valence electrons. The van der Waals surface area contributed by atoms with Gasteiger partial charge in [-0.2, -0.15) is 0 Å². The van der Waals surface area contributed by atoms with Crippen LogP contribution in [0, 0.1) is 0 Å². The van der Waals surface area contributed by atoms with Crippen molar-refractivity contribution in [3.05, 3.63) is 224 Å². The minimum absolute atomic E-state index is 0.158. The average molecular weight is 825 g/mol. The maximum Gasteiger partial charge on any atom is 0.181 e. The van der Waals surface area contributed by atoms with Crippen LogP contribution in [0.2, 0.25) is 0 Å². The van der Waals surface area contributed by atoms with Gasteiger partial charge in [0.2, 0.25) is 0 Å². The maximum absolute atomic E-state index is 6.67. The SMILES string of the molecule is CCC1Nc2ccc(-c3ccccc3)cc2N1c1ccc(-c2c3ccccc3c([Si](c3ccccc3)(c3ccccc3)c3ccc4c(c3)oc3ccccc34)c3ccccc23)cc1. The number of fused-ring (bicyclic) bond motifs is 6. The minimum Gasteiger partial charge on any atom is -0.456 e. The van der Waals surface area contributed by atoms with E-state index in [0.29, 0.717) is 0 Å². The van der Waals surface area contributed by atoms with Gasteiger partial charge in [0.15, 0.2) is 8.07 Å². The Labute approximate surface area is 368 Å². The number of rotatable bonds is 8. The van der Waals surface area contributed by atoms with E-state index in [-0.39, 0.29) is 6.17 Å². The summed E-state index contributed by atoms with van der Waals surface area (Å²) in [6.07, 6.45) is 1.12. The molecule has 10 aromatic carbocycles. The fourth-order valence-electron chi connectivity index (χ4n) is 10.6. The Morgan fingerprint density at radius 2 is 0.984 bits per heavy atom. The van der Waals surface area contributed by atoms with Crippen LogP contribution in [-0.2, 0) is 0 Å². The molecule has 0 fully saturated rings. The van der Waals surface area contributed by atoms with Crippen LogP contribution in [0.3, 0.4) is 0 Å². The van der Waals surface area contributed by atoms with Crippen LogP contribution < -0.4 is 31.0 Å². The number of para-hydroxylation sites is 1. The molecule has 2 heterocycles. The minimum atomic E-state index is -3.09. The second-order valence-electron chi connectivity index (χ2n) is 16.7. The summed E-state index contributed by atoms with van der Waals surface area (Å²) in [5, 5.41) is 16.5. The number of furan rings is 1. The predicted molar refractivity (Wildman–Crippen MR) is 270 cm³/mol. The number of hydrogen-bond acceptors (Lipinski definition) is 3. The zero-order valence-electron chi connectivity index (χ0n) is 35.0. The second-order valence-corrected chi connectivity index (χ2v) is 20.4. The van der Waals surface area contributed by atoms with Gasteiger partial charge in [-0.3, -0.25) is 0 Å². The highest BCUT2D eigenvalue weighted by molar-refractivity contribution is 7.21. The molecular formula is C59H44N2OSi. The highest BCUT2D eigenvalue weighted by Gasteiger charge is 2.44. The van der Waals surface area contributed by atoms with Crippen molar-refractivity contribution in [2.24, 2.45) is 0 Å². The second kappa shape index (κ2) is 15.1.